The number of carbonyl (C=O) groups excluding carboxylic acids is 1. The van der Waals surface area contributed by atoms with Crippen LogP contribution < -0.4 is 14.8 Å². The molecule has 0 radical (unpaired) electrons. The van der Waals surface area contributed by atoms with Crippen molar-refractivity contribution in [2.45, 2.75) is 45.1 Å². The summed E-state index contributed by atoms with van der Waals surface area (Å²) < 4.78 is 37.5. The van der Waals surface area contributed by atoms with Crippen molar-refractivity contribution < 1.29 is 22.7 Å². The van der Waals surface area contributed by atoms with Crippen LogP contribution in [0, 0.1) is 6.92 Å². The Morgan fingerprint density at radius 2 is 2.00 bits per heavy atom. The Hall–Kier alpha value is -1.64. The molecular weight excluding hydrogens is 344 g/mol. The molecule has 0 atom stereocenters. The number of nitrogens with one attached hydrogen (secondary N) is 2. The molecule has 142 valence electrons. The highest BCUT2D eigenvalue weighted by Crippen LogP contribution is 2.21. The Morgan fingerprint density at radius 1 is 1.28 bits per heavy atom. The molecule has 2 N–H and O–H groups in total. The van der Waals surface area contributed by atoms with Gasteiger partial charge < -0.3 is 14.8 Å². The van der Waals surface area contributed by atoms with E-state index >= 15 is 0 Å². The zero-order valence-corrected chi connectivity index (χ0v) is 16.1. The summed E-state index contributed by atoms with van der Waals surface area (Å²) in [5.41, 5.74) is 0.649. The van der Waals surface area contributed by atoms with Gasteiger partial charge in [-0.3, -0.25) is 4.79 Å². The topological polar surface area (TPSA) is 93.7 Å². The van der Waals surface area contributed by atoms with Crippen LogP contribution in [-0.4, -0.2) is 46.7 Å². The fourth-order valence-electron chi connectivity index (χ4n) is 2.07. The molecule has 0 unspecified atom stereocenters. The third-order valence-electron chi connectivity index (χ3n) is 3.20. The first-order chi connectivity index (χ1) is 11.8. The van der Waals surface area contributed by atoms with Crippen molar-refractivity contribution in [2.75, 3.05) is 26.4 Å². The highest BCUT2D eigenvalue weighted by molar-refractivity contribution is 7.89. The molecule has 0 bridgehead atoms. The van der Waals surface area contributed by atoms with Crippen molar-refractivity contribution in [1.82, 2.24) is 10.0 Å². The summed E-state index contributed by atoms with van der Waals surface area (Å²) >= 11 is 0. The molecule has 0 saturated carbocycles. The summed E-state index contributed by atoms with van der Waals surface area (Å²) in [7, 11) is -3.55. The lowest BCUT2D eigenvalue weighted by molar-refractivity contribution is -0.123. The van der Waals surface area contributed by atoms with Gasteiger partial charge in [-0.15, -0.1) is 0 Å². The van der Waals surface area contributed by atoms with Gasteiger partial charge in [-0.05, 0) is 57.9 Å². The Labute approximate surface area is 150 Å². The van der Waals surface area contributed by atoms with Crippen LogP contribution in [0.25, 0.3) is 0 Å². The minimum atomic E-state index is -3.55. The number of benzene rings is 1. The van der Waals surface area contributed by atoms with E-state index < -0.39 is 10.0 Å². The predicted molar refractivity (Wildman–Crippen MR) is 96.3 cm³/mol. The van der Waals surface area contributed by atoms with Gasteiger partial charge in [0.2, 0.25) is 10.0 Å². The summed E-state index contributed by atoms with van der Waals surface area (Å²) in [6.45, 7) is 8.86. The molecule has 0 fully saturated rings. The van der Waals surface area contributed by atoms with Crippen LogP contribution in [0.4, 0.5) is 0 Å². The lowest BCUT2D eigenvalue weighted by Crippen LogP contribution is -2.30. The molecule has 7 nitrogen and oxygen atoms in total. The highest BCUT2D eigenvalue weighted by atomic mass is 32.2. The molecule has 0 aliphatic rings. The number of amides is 1. The SMILES string of the molecule is CCOCCCNC(=O)COc1ccc(S(=O)(=O)NC(C)C)cc1C. The number of ether oxygens (including phenoxy) is 2. The smallest absolute Gasteiger partial charge is 0.257 e. The van der Waals surface area contributed by atoms with E-state index in [1.165, 1.54) is 12.1 Å². The van der Waals surface area contributed by atoms with E-state index in [9.17, 15) is 13.2 Å². The lowest BCUT2D eigenvalue weighted by Gasteiger charge is -2.13. The van der Waals surface area contributed by atoms with Gasteiger partial charge in [0.1, 0.15) is 5.75 Å². The van der Waals surface area contributed by atoms with E-state index in [1.807, 2.05) is 6.92 Å². The van der Waals surface area contributed by atoms with E-state index in [0.717, 1.165) is 6.42 Å². The minimum Gasteiger partial charge on any atom is -0.484 e. The second kappa shape index (κ2) is 10.4. The molecule has 0 heterocycles. The average molecular weight is 372 g/mol. The molecule has 0 spiro atoms. The summed E-state index contributed by atoms with van der Waals surface area (Å²) in [6.07, 6.45) is 0.744. The minimum absolute atomic E-state index is 0.119. The van der Waals surface area contributed by atoms with Gasteiger partial charge in [-0.25, -0.2) is 13.1 Å². The maximum Gasteiger partial charge on any atom is 0.257 e. The van der Waals surface area contributed by atoms with Crippen molar-refractivity contribution in [3.8, 4) is 5.75 Å². The number of aryl methyl sites for hydroxylation is 1. The number of carbonyl (C=O) groups is 1. The van der Waals surface area contributed by atoms with Gasteiger partial charge in [0, 0.05) is 25.8 Å². The second-order valence-corrected chi connectivity index (χ2v) is 7.61. The molecule has 1 amide bonds. The van der Waals surface area contributed by atoms with Gasteiger partial charge in [-0.2, -0.15) is 0 Å². The second-order valence-electron chi connectivity index (χ2n) is 5.89. The van der Waals surface area contributed by atoms with Crippen LogP contribution in [0.3, 0.4) is 0 Å². The van der Waals surface area contributed by atoms with Crippen molar-refractivity contribution in [3.63, 3.8) is 0 Å². The Bertz CT molecular complexity index is 659. The molecule has 0 aliphatic heterocycles. The van der Waals surface area contributed by atoms with Crippen LogP contribution >= 0.6 is 0 Å². The number of sulfonamides is 1. The molecule has 1 aromatic rings. The van der Waals surface area contributed by atoms with Gasteiger partial charge in [0.05, 0.1) is 4.90 Å². The molecule has 0 aromatic heterocycles. The van der Waals surface area contributed by atoms with Gasteiger partial charge >= 0.3 is 0 Å². The first-order valence-electron chi connectivity index (χ1n) is 8.36. The zero-order valence-electron chi connectivity index (χ0n) is 15.3. The van der Waals surface area contributed by atoms with E-state index in [1.54, 1.807) is 26.8 Å². The van der Waals surface area contributed by atoms with Crippen molar-refractivity contribution >= 4 is 15.9 Å². The van der Waals surface area contributed by atoms with Crippen LogP contribution in [0.5, 0.6) is 5.75 Å². The maximum absolute atomic E-state index is 12.1. The zero-order chi connectivity index (χ0) is 18.9. The molecule has 0 saturated heterocycles. The standard InChI is InChI=1S/C17H28N2O5S/c1-5-23-10-6-9-18-17(20)12-24-16-8-7-15(11-14(16)4)25(21,22)19-13(2)3/h7-8,11,13,19H,5-6,9-10,12H2,1-4H3,(H,18,20). The normalized spacial score (nSPS) is 11.6. The van der Waals surface area contributed by atoms with Crippen molar-refractivity contribution in [2.24, 2.45) is 0 Å². The quantitative estimate of drug-likeness (QED) is 0.576. The molecule has 25 heavy (non-hydrogen) atoms. The third-order valence-corrected chi connectivity index (χ3v) is 4.85. The van der Waals surface area contributed by atoms with Crippen molar-refractivity contribution in [1.29, 1.82) is 0 Å². The van der Waals surface area contributed by atoms with E-state index in [2.05, 4.69) is 10.0 Å². The molecule has 1 rings (SSSR count). The van der Waals surface area contributed by atoms with Gasteiger partial charge in [0.15, 0.2) is 6.61 Å². The third kappa shape index (κ3) is 7.85. The number of hydrogen-bond acceptors (Lipinski definition) is 5. The van der Waals surface area contributed by atoms with Crippen LogP contribution in [0.15, 0.2) is 23.1 Å². The maximum atomic E-state index is 12.1. The number of hydrogen-bond donors (Lipinski definition) is 2. The average Bonchev–Trinajstić information content (AvgIpc) is 2.52. The lowest BCUT2D eigenvalue weighted by atomic mass is 10.2. The predicted octanol–water partition coefficient (Wildman–Crippen LogP) is 1.60. The molecule has 0 aliphatic carbocycles. The van der Waals surface area contributed by atoms with E-state index in [0.29, 0.717) is 31.1 Å². The molecule has 8 heteroatoms. The first-order valence-corrected chi connectivity index (χ1v) is 9.84. The highest BCUT2D eigenvalue weighted by Gasteiger charge is 2.16. The molecular formula is C17H28N2O5S. The van der Waals surface area contributed by atoms with Crippen LogP contribution in [-0.2, 0) is 19.6 Å². The largest absolute Gasteiger partial charge is 0.484 e. The Kier molecular flexibility index (Phi) is 8.88. The van der Waals surface area contributed by atoms with Crippen molar-refractivity contribution in [3.05, 3.63) is 23.8 Å². The van der Waals surface area contributed by atoms with Crippen LogP contribution in [0.1, 0.15) is 32.8 Å². The summed E-state index contributed by atoms with van der Waals surface area (Å²) in [4.78, 5) is 11.9. The van der Waals surface area contributed by atoms with E-state index in [4.69, 9.17) is 9.47 Å². The fourth-order valence-corrected chi connectivity index (χ4v) is 3.41. The van der Waals surface area contributed by atoms with Gasteiger partial charge in [-0.1, -0.05) is 0 Å². The van der Waals surface area contributed by atoms with E-state index in [-0.39, 0.29) is 23.5 Å². The summed E-state index contributed by atoms with van der Waals surface area (Å²) in [5.74, 6) is 0.252. The van der Waals surface area contributed by atoms with Gasteiger partial charge in [0.25, 0.3) is 5.91 Å². The Morgan fingerprint density at radius 3 is 2.60 bits per heavy atom. The molecule has 1 aromatic carbocycles. The number of rotatable bonds is 11. The summed E-state index contributed by atoms with van der Waals surface area (Å²) in [6, 6.07) is 4.37. The van der Waals surface area contributed by atoms with Crippen LogP contribution in [0.2, 0.25) is 0 Å². The Balaban J connectivity index is 2.54. The fraction of sp³-hybridized carbons (Fsp3) is 0.588. The summed E-state index contributed by atoms with van der Waals surface area (Å²) in [5, 5.41) is 2.74. The first kappa shape index (κ1) is 21.4. The monoisotopic (exact) mass is 372 g/mol.